The maximum Gasteiger partial charge on any atom is 0.249 e. The van der Waals surface area contributed by atoms with Gasteiger partial charge in [-0.1, -0.05) is 244 Å². The molecule has 0 bridgehead atoms. The van der Waals surface area contributed by atoms with Crippen molar-refractivity contribution in [1.29, 1.82) is 0 Å². The van der Waals surface area contributed by atoms with Crippen molar-refractivity contribution < 1.29 is 20.1 Å². The van der Waals surface area contributed by atoms with Gasteiger partial charge in [0, 0.05) is 0 Å². The second-order valence-electron chi connectivity index (χ2n) is 16.3. The third kappa shape index (κ3) is 38.9. The van der Waals surface area contributed by atoms with E-state index in [1.807, 2.05) is 6.08 Å². The molecule has 4 N–H and O–H groups in total. The van der Waals surface area contributed by atoms with Gasteiger partial charge in [0.1, 0.15) is 6.10 Å². The highest BCUT2D eigenvalue weighted by Gasteiger charge is 2.22. The fourth-order valence-electron chi connectivity index (χ4n) is 7.32. The van der Waals surface area contributed by atoms with Gasteiger partial charge >= 0.3 is 0 Å². The zero-order valence-electron chi connectivity index (χ0n) is 35.7. The van der Waals surface area contributed by atoms with E-state index >= 15 is 0 Å². The number of hydrogen-bond donors (Lipinski definition) is 4. The highest BCUT2D eigenvalue weighted by atomic mass is 16.3. The molecule has 0 heterocycles. The molecule has 0 fully saturated rings. The smallest absolute Gasteiger partial charge is 0.249 e. The Hall–Kier alpha value is -1.17. The van der Waals surface area contributed by atoms with Crippen LogP contribution in [0.15, 0.2) is 24.3 Å². The van der Waals surface area contributed by atoms with Crippen molar-refractivity contribution >= 4 is 5.91 Å². The molecule has 0 saturated carbocycles. The fraction of sp³-hybridized carbons (Fsp3) is 0.896. The molecule has 0 aromatic carbocycles. The van der Waals surface area contributed by atoms with E-state index in [-0.39, 0.29) is 6.61 Å². The van der Waals surface area contributed by atoms with Gasteiger partial charge in [-0.3, -0.25) is 4.79 Å². The summed E-state index contributed by atoms with van der Waals surface area (Å²) >= 11 is 0. The summed E-state index contributed by atoms with van der Waals surface area (Å²) in [5.74, 6) is -0.511. The van der Waals surface area contributed by atoms with Gasteiger partial charge in [0.25, 0.3) is 0 Å². The Bertz CT molecular complexity index is 784. The molecule has 3 unspecified atom stereocenters. The summed E-state index contributed by atoms with van der Waals surface area (Å²) < 4.78 is 0. The molecule has 0 aliphatic carbocycles. The third-order valence-corrected chi connectivity index (χ3v) is 11.0. The van der Waals surface area contributed by atoms with Crippen LogP contribution in [0.1, 0.15) is 251 Å². The Labute approximate surface area is 331 Å². The molecule has 5 nitrogen and oxygen atoms in total. The number of aliphatic hydroxyl groups excluding tert-OH is 3. The second-order valence-corrected chi connectivity index (χ2v) is 16.3. The van der Waals surface area contributed by atoms with E-state index in [0.717, 1.165) is 38.5 Å². The summed E-state index contributed by atoms with van der Waals surface area (Å²) in [5.41, 5.74) is 0. The topological polar surface area (TPSA) is 89.8 Å². The number of allylic oxidation sites excluding steroid dienone is 3. The van der Waals surface area contributed by atoms with Crippen LogP contribution in [0.5, 0.6) is 0 Å². The maximum atomic E-state index is 12.4. The number of unbranched alkanes of at least 4 members (excludes halogenated alkanes) is 33. The van der Waals surface area contributed by atoms with Crippen molar-refractivity contribution in [2.24, 2.45) is 0 Å². The largest absolute Gasteiger partial charge is 0.394 e. The van der Waals surface area contributed by atoms with Crippen molar-refractivity contribution in [3.63, 3.8) is 0 Å². The van der Waals surface area contributed by atoms with E-state index in [9.17, 15) is 20.1 Å². The molecule has 5 heteroatoms. The molecule has 0 aliphatic rings. The maximum absolute atomic E-state index is 12.4. The Kier molecular flexibility index (Phi) is 42.6. The van der Waals surface area contributed by atoms with Crippen molar-refractivity contribution in [3.8, 4) is 0 Å². The molecule has 0 spiro atoms. The number of aliphatic hydroxyl groups is 3. The van der Waals surface area contributed by atoms with Crippen molar-refractivity contribution in [1.82, 2.24) is 5.32 Å². The lowest BCUT2D eigenvalue weighted by atomic mass is 10.0. The second kappa shape index (κ2) is 43.6. The average Bonchev–Trinajstić information content (AvgIpc) is 3.16. The molecule has 3 atom stereocenters. The normalized spacial score (nSPS) is 13.7. The van der Waals surface area contributed by atoms with Crippen molar-refractivity contribution in [2.75, 3.05) is 6.61 Å². The van der Waals surface area contributed by atoms with Crippen LogP contribution >= 0.6 is 0 Å². The summed E-state index contributed by atoms with van der Waals surface area (Å²) in [4.78, 5) is 12.4. The molecule has 0 aliphatic heterocycles. The third-order valence-electron chi connectivity index (χ3n) is 11.0. The number of amides is 1. The summed E-state index contributed by atoms with van der Waals surface area (Å²) in [7, 11) is 0. The highest BCUT2D eigenvalue weighted by Crippen LogP contribution is 2.17. The number of nitrogens with one attached hydrogen (secondary N) is 1. The Morgan fingerprint density at radius 2 is 0.774 bits per heavy atom. The molecule has 314 valence electrons. The lowest BCUT2D eigenvalue weighted by molar-refractivity contribution is -0.131. The first kappa shape index (κ1) is 51.8. The van der Waals surface area contributed by atoms with Crippen LogP contribution < -0.4 is 5.32 Å². The standard InChI is InChI=1S/C48H93NO4/c1-3-5-7-9-11-13-15-16-17-18-19-20-21-22-23-24-25-26-27-28-29-30-31-32-33-35-37-39-41-43-47(52)48(53)49-45(44-50)46(51)42-40-38-36-34-14-12-10-8-6-4-2/h14,34,40,42,45-47,50-52H,3-13,15-33,35-39,41,43-44H2,1-2H3,(H,49,53)/b34-14+,42-40+. The van der Waals surface area contributed by atoms with Crippen molar-refractivity contribution in [2.45, 2.75) is 270 Å². The molecule has 1 amide bonds. The number of carbonyl (C=O) groups is 1. The van der Waals surface area contributed by atoms with E-state index in [1.54, 1.807) is 6.08 Å². The van der Waals surface area contributed by atoms with Crippen molar-refractivity contribution in [3.05, 3.63) is 24.3 Å². The van der Waals surface area contributed by atoms with Gasteiger partial charge in [0.05, 0.1) is 18.8 Å². The Morgan fingerprint density at radius 1 is 0.453 bits per heavy atom. The quantitative estimate of drug-likeness (QED) is 0.0369. The molecule has 0 aromatic rings. The average molecular weight is 748 g/mol. The van der Waals surface area contributed by atoms with Crippen LogP contribution in [0.2, 0.25) is 0 Å². The van der Waals surface area contributed by atoms with Crippen LogP contribution in [0.3, 0.4) is 0 Å². The summed E-state index contributed by atoms with van der Waals surface area (Å²) in [6.07, 6.45) is 53.9. The minimum Gasteiger partial charge on any atom is -0.394 e. The van der Waals surface area contributed by atoms with Gasteiger partial charge in [-0.15, -0.1) is 0 Å². The van der Waals surface area contributed by atoms with E-state index in [4.69, 9.17) is 0 Å². The minimum atomic E-state index is -1.10. The zero-order valence-corrected chi connectivity index (χ0v) is 35.7. The number of rotatable bonds is 43. The van der Waals surface area contributed by atoms with Gasteiger partial charge in [-0.2, -0.15) is 0 Å². The molecule has 0 aromatic heterocycles. The van der Waals surface area contributed by atoms with E-state index in [0.29, 0.717) is 6.42 Å². The van der Waals surface area contributed by atoms with Crippen LogP contribution in [0.4, 0.5) is 0 Å². The summed E-state index contributed by atoms with van der Waals surface area (Å²) in [6.45, 7) is 4.14. The zero-order chi connectivity index (χ0) is 38.7. The fourth-order valence-corrected chi connectivity index (χ4v) is 7.32. The first-order valence-electron chi connectivity index (χ1n) is 23.7. The number of hydrogen-bond acceptors (Lipinski definition) is 4. The van der Waals surface area contributed by atoms with E-state index < -0.39 is 24.2 Å². The number of carbonyl (C=O) groups excluding carboxylic acids is 1. The van der Waals surface area contributed by atoms with Crippen LogP contribution in [0, 0.1) is 0 Å². The van der Waals surface area contributed by atoms with Gasteiger partial charge in [-0.05, 0) is 32.1 Å². The van der Waals surface area contributed by atoms with Gasteiger partial charge < -0.3 is 20.6 Å². The highest BCUT2D eigenvalue weighted by molar-refractivity contribution is 5.80. The first-order valence-corrected chi connectivity index (χ1v) is 23.7. The lowest BCUT2D eigenvalue weighted by Gasteiger charge is -2.21. The molecular weight excluding hydrogens is 655 g/mol. The molecular formula is C48H93NO4. The predicted molar refractivity (Wildman–Crippen MR) is 231 cm³/mol. The first-order chi connectivity index (χ1) is 26.1. The molecule has 0 saturated heterocycles. The lowest BCUT2D eigenvalue weighted by Crippen LogP contribution is -2.48. The molecule has 0 rings (SSSR count). The van der Waals surface area contributed by atoms with Crippen LogP contribution in [-0.2, 0) is 4.79 Å². The van der Waals surface area contributed by atoms with Gasteiger partial charge in [0.15, 0.2) is 0 Å². The van der Waals surface area contributed by atoms with Gasteiger partial charge in [-0.25, -0.2) is 0 Å². The van der Waals surface area contributed by atoms with Crippen LogP contribution in [0.25, 0.3) is 0 Å². The Balaban J connectivity index is 3.50. The van der Waals surface area contributed by atoms with E-state index in [1.165, 1.54) is 193 Å². The van der Waals surface area contributed by atoms with Gasteiger partial charge in [0.2, 0.25) is 5.91 Å². The predicted octanol–water partition coefficient (Wildman–Crippen LogP) is 13.8. The summed E-state index contributed by atoms with van der Waals surface area (Å²) in [6, 6.07) is -0.809. The van der Waals surface area contributed by atoms with E-state index in [2.05, 4.69) is 31.3 Å². The molecule has 0 radical (unpaired) electrons. The van der Waals surface area contributed by atoms with Crippen LogP contribution in [-0.4, -0.2) is 46.1 Å². The molecule has 53 heavy (non-hydrogen) atoms. The Morgan fingerprint density at radius 3 is 1.15 bits per heavy atom. The monoisotopic (exact) mass is 748 g/mol. The SMILES string of the molecule is CCCCCC/C=C/CC/C=C/C(O)C(CO)NC(=O)C(O)CCCCCCCCCCCCCCCCCCCCCCCCCCCCCCC. The summed E-state index contributed by atoms with van der Waals surface area (Å²) in [5, 5.41) is 33.0. The minimum absolute atomic E-state index is 0.374.